The molecule has 0 unspecified atom stereocenters. The van der Waals surface area contributed by atoms with Crippen LogP contribution in [0.1, 0.15) is 5.56 Å². The third kappa shape index (κ3) is 4.01. The minimum atomic E-state index is -4.45. The number of halogens is 3. The van der Waals surface area contributed by atoms with Gasteiger partial charge in [0.25, 0.3) is 5.89 Å². The van der Waals surface area contributed by atoms with E-state index in [0.717, 1.165) is 12.1 Å². The molecule has 0 spiro atoms. The first-order chi connectivity index (χ1) is 14.2. The number of likely N-dealkylation sites (N-methyl/N-ethyl adjacent to an activating group) is 1. The van der Waals surface area contributed by atoms with Gasteiger partial charge < -0.3 is 19.4 Å². The molecule has 4 rings (SSSR count). The van der Waals surface area contributed by atoms with Gasteiger partial charge in [-0.05, 0) is 38.4 Å². The zero-order chi connectivity index (χ0) is 21.5. The number of aromatic nitrogens is 3. The number of rotatable bonds is 4. The van der Waals surface area contributed by atoms with E-state index < -0.39 is 17.8 Å². The van der Waals surface area contributed by atoms with Gasteiger partial charge in [-0.2, -0.15) is 18.2 Å². The van der Waals surface area contributed by atoms with Crippen molar-refractivity contribution in [3.05, 3.63) is 48.2 Å². The summed E-state index contributed by atoms with van der Waals surface area (Å²) in [6.45, 7) is 1.14. The van der Waals surface area contributed by atoms with Crippen LogP contribution in [0, 0.1) is 0 Å². The SMILES string of the molecule is CN(C)[C@@H]1CN(c2ccc(-c3nc(-c4cccc(C(F)(F)F)c4)no3)cn2)C[C@H]1O. The second kappa shape index (κ2) is 7.69. The number of anilines is 1. The Morgan fingerprint density at radius 3 is 2.57 bits per heavy atom. The highest BCUT2D eigenvalue weighted by Crippen LogP contribution is 2.32. The fraction of sp³-hybridized carbons (Fsp3) is 0.350. The summed E-state index contributed by atoms with van der Waals surface area (Å²) in [7, 11) is 3.84. The summed E-state index contributed by atoms with van der Waals surface area (Å²) in [6, 6.07) is 8.33. The molecule has 0 saturated carbocycles. The fourth-order valence-corrected chi connectivity index (χ4v) is 3.46. The number of hydrogen-bond acceptors (Lipinski definition) is 7. The van der Waals surface area contributed by atoms with Gasteiger partial charge in [0.15, 0.2) is 0 Å². The van der Waals surface area contributed by atoms with E-state index in [0.29, 0.717) is 24.5 Å². The van der Waals surface area contributed by atoms with Gasteiger partial charge in [0.05, 0.1) is 23.3 Å². The van der Waals surface area contributed by atoms with E-state index >= 15 is 0 Å². The van der Waals surface area contributed by atoms with Crippen molar-refractivity contribution in [1.29, 1.82) is 0 Å². The Morgan fingerprint density at radius 2 is 1.93 bits per heavy atom. The molecule has 0 bridgehead atoms. The van der Waals surface area contributed by atoms with E-state index in [1.807, 2.05) is 23.9 Å². The van der Waals surface area contributed by atoms with E-state index in [4.69, 9.17) is 4.52 Å². The minimum Gasteiger partial charge on any atom is -0.390 e. The lowest BCUT2D eigenvalue weighted by atomic mass is 10.1. The molecule has 0 aliphatic carbocycles. The van der Waals surface area contributed by atoms with Gasteiger partial charge in [-0.15, -0.1) is 0 Å². The number of hydrogen-bond donors (Lipinski definition) is 1. The fourth-order valence-electron chi connectivity index (χ4n) is 3.46. The molecule has 1 saturated heterocycles. The summed E-state index contributed by atoms with van der Waals surface area (Å²) in [5, 5.41) is 14.0. The highest BCUT2D eigenvalue weighted by molar-refractivity contribution is 5.61. The average Bonchev–Trinajstić information content (AvgIpc) is 3.35. The zero-order valence-corrected chi connectivity index (χ0v) is 16.3. The van der Waals surface area contributed by atoms with Crippen LogP contribution in [0.3, 0.4) is 0 Å². The second-order valence-electron chi connectivity index (χ2n) is 7.41. The Hall–Kier alpha value is -2.98. The Morgan fingerprint density at radius 1 is 1.13 bits per heavy atom. The van der Waals surface area contributed by atoms with Gasteiger partial charge >= 0.3 is 6.18 Å². The van der Waals surface area contributed by atoms with Crippen molar-refractivity contribution in [3.8, 4) is 22.8 Å². The average molecular weight is 419 g/mol. The maximum absolute atomic E-state index is 12.9. The van der Waals surface area contributed by atoms with Crippen LogP contribution in [-0.2, 0) is 6.18 Å². The number of alkyl halides is 3. The predicted molar refractivity (Wildman–Crippen MR) is 104 cm³/mol. The number of aliphatic hydroxyl groups excluding tert-OH is 1. The lowest BCUT2D eigenvalue weighted by Gasteiger charge is -2.21. The quantitative estimate of drug-likeness (QED) is 0.697. The van der Waals surface area contributed by atoms with Crippen molar-refractivity contribution in [2.45, 2.75) is 18.3 Å². The third-order valence-electron chi connectivity index (χ3n) is 5.12. The largest absolute Gasteiger partial charge is 0.416 e. The molecule has 1 N–H and O–H groups in total. The number of β-amino-alcohol motifs (C(OH)–C–C–N with tert-alkyl or cyclic N) is 1. The first-order valence-electron chi connectivity index (χ1n) is 9.29. The van der Waals surface area contributed by atoms with Crippen LogP contribution >= 0.6 is 0 Å². The van der Waals surface area contributed by atoms with Crippen molar-refractivity contribution in [1.82, 2.24) is 20.0 Å². The zero-order valence-electron chi connectivity index (χ0n) is 16.3. The molecule has 10 heteroatoms. The molecule has 3 aromatic rings. The van der Waals surface area contributed by atoms with E-state index in [2.05, 4.69) is 15.1 Å². The number of benzene rings is 1. The summed E-state index contributed by atoms with van der Waals surface area (Å²) in [6.07, 6.45) is -3.35. The van der Waals surface area contributed by atoms with E-state index in [1.54, 1.807) is 18.3 Å². The van der Waals surface area contributed by atoms with E-state index in [1.165, 1.54) is 12.1 Å². The molecule has 1 fully saturated rings. The maximum Gasteiger partial charge on any atom is 0.416 e. The summed E-state index contributed by atoms with van der Waals surface area (Å²) in [4.78, 5) is 12.6. The van der Waals surface area contributed by atoms with Gasteiger partial charge in [-0.1, -0.05) is 17.3 Å². The second-order valence-corrected chi connectivity index (χ2v) is 7.41. The Labute approximate surface area is 170 Å². The first kappa shape index (κ1) is 20.3. The van der Waals surface area contributed by atoms with Crippen LogP contribution in [0.5, 0.6) is 0 Å². The minimum absolute atomic E-state index is 0.0254. The van der Waals surface area contributed by atoms with Gasteiger partial charge in [0.2, 0.25) is 5.82 Å². The van der Waals surface area contributed by atoms with Crippen LogP contribution in [0.2, 0.25) is 0 Å². The molecule has 0 amide bonds. The lowest BCUT2D eigenvalue weighted by molar-refractivity contribution is -0.137. The summed E-state index contributed by atoms with van der Waals surface area (Å²) in [5.74, 6) is 0.936. The maximum atomic E-state index is 12.9. The van der Waals surface area contributed by atoms with Gasteiger partial charge in [0, 0.05) is 24.8 Å². The summed E-state index contributed by atoms with van der Waals surface area (Å²) in [5.41, 5.74) is -0.0141. The number of nitrogens with zero attached hydrogens (tertiary/aromatic N) is 5. The molecule has 158 valence electrons. The normalized spacial score (nSPS) is 19.6. The van der Waals surface area contributed by atoms with Crippen LogP contribution in [0.15, 0.2) is 47.1 Å². The molecule has 2 atom stereocenters. The van der Waals surface area contributed by atoms with Crippen molar-refractivity contribution in [2.75, 3.05) is 32.1 Å². The summed E-state index contributed by atoms with van der Waals surface area (Å²) < 4.78 is 44.0. The van der Waals surface area contributed by atoms with Crippen LogP contribution in [0.25, 0.3) is 22.8 Å². The highest BCUT2D eigenvalue weighted by Gasteiger charge is 2.33. The smallest absolute Gasteiger partial charge is 0.390 e. The molecule has 7 nitrogen and oxygen atoms in total. The Balaban J connectivity index is 1.52. The van der Waals surface area contributed by atoms with Gasteiger partial charge in [-0.3, -0.25) is 0 Å². The molecule has 0 radical (unpaired) electrons. The Kier molecular flexibility index (Phi) is 5.20. The molecule has 1 aliphatic heterocycles. The predicted octanol–water partition coefficient (Wildman–Crippen LogP) is 2.93. The molecule has 1 aliphatic rings. The molecular formula is C20H20F3N5O2. The van der Waals surface area contributed by atoms with Crippen molar-refractivity contribution in [2.24, 2.45) is 0 Å². The Bertz CT molecular complexity index is 1020. The lowest BCUT2D eigenvalue weighted by Crippen LogP contribution is -2.38. The topological polar surface area (TPSA) is 78.5 Å². The number of aliphatic hydroxyl groups is 1. The van der Waals surface area contributed by atoms with Crippen molar-refractivity contribution >= 4 is 5.82 Å². The van der Waals surface area contributed by atoms with E-state index in [9.17, 15) is 18.3 Å². The third-order valence-corrected chi connectivity index (χ3v) is 5.12. The van der Waals surface area contributed by atoms with Crippen LogP contribution < -0.4 is 4.90 Å². The van der Waals surface area contributed by atoms with Crippen LogP contribution in [-0.4, -0.2) is 64.5 Å². The molecule has 2 aromatic heterocycles. The highest BCUT2D eigenvalue weighted by atomic mass is 19.4. The first-order valence-corrected chi connectivity index (χ1v) is 9.29. The van der Waals surface area contributed by atoms with Gasteiger partial charge in [-0.25, -0.2) is 4.98 Å². The van der Waals surface area contributed by atoms with Crippen molar-refractivity contribution < 1.29 is 22.8 Å². The standard InChI is InChI=1S/C20H20F3N5O2/c1-27(2)15-10-28(11-16(15)29)17-7-6-13(9-24-17)19-25-18(26-30-19)12-4-3-5-14(8-12)20(21,22)23/h3-9,15-16,29H,10-11H2,1-2H3/t15-,16-/m1/s1. The van der Waals surface area contributed by atoms with Crippen molar-refractivity contribution in [3.63, 3.8) is 0 Å². The molecular weight excluding hydrogens is 399 g/mol. The van der Waals surface area contributed by atoms with Crippen LogP contribution in [0.4, 0.5) is 19.0 Å². The number of pyridine rings is 1. The van der Waals surface area contributed by atoms with E-state index in [-0.39, 0.29) is 23.3 Å². The summed E-state index contributed by atoms with van der Waals surface area (Å²) >= 11 is 0. The monoisotopic (exact) mass is 419 g/mol. The van der Waals surface area contributed by atoms with Gasteiger partial charge in [0.1, 0.15) is 5.82 Å². The molecule has 30 heavy (non-hydrogen) atoms. The molecule has 1 aromatic carbocycles. The molecule has 3 heterocycles.